The Kier molecular flexibility index (Phi) is 14.3. The van der Waals surface area contributed by atoms with E-state index in [0.29, 0.717) is 62.2 Å². The van der Waals surface area contributed by atoms with Crippen molar-refractivity contribution in [2.45, 2.75) is 98.0 Å². The van der Waals surface area contributed by atoms with Crippen LogP contribution in [0.4, 0.5) is 0 Å². The molecular weight excluding hydrogens is 841 g/mol. The number of aromatic nitrogens is 3. The number of cyclic esters (lactones) is 1. The Bertz CT molecular complexity index is 2520. The Labute approximate surface area is 386 Å². The fourth-order valence-electron chi connectivity index (χ4n) is 9.88. The molecule has 6 bridgehead atoms. The van der Waals surface area contributed by atoms with Crippen molar-refractivity contribution in [1.82, 2.24) is 39.7 Å². The number of likely N-dealkylation sites (tertiary alicyclic amines) is 1. The molecule has 0 aliphatic carbocycles. The van der Waals surface area contributed by atoms with Crippen LogP contribution in [0.15, 0.2) is 61.3 Å². The molecule has 4 amide bonds. The first-order valence-electron chi connectivity index (χ1n) is 22.9. The Hall–Kier alpha value is -6.13. The number of ether oxygens (including phenoxy) is 2. The minimum atomic E-state index is -1.13. The molecule has 2 fully saturated rings. The molecule has 7 rings (SSSR count). The summed E-state index contributed by atoms with van der Waals surface area (Å²) in [7, 11) is 4.79. The summed E-state index contributed by atoms with van der Waals surface area (Å²) < 4.78 is 13.9. The molecule has 3 aliphatic heterocycles. The molecule has 0 spiro atoms. The number of aromatic hydroxyl groups is 1. The molecule has 3 aromatic heterocycles. The van der Waals surface area contributed by atoms with Gasteiger partial charge in [-0.15, -0.1) is 0 Å². The van der Waals surface area contributed by atoms with Crippen LogP contribution in [0.1, 0.15) is 70.7 Å². The summed E-state index contributed by atoms with van der Waals surface area (Å²) in [6, 6.07) is 10.1. The van der Waals surface area contributed by atoms with Gasteiger partial charge in [0.05, 0.1) is 47.2 Å². The number of nitrogens with one attached hydrogen (secondary N) is 1. The summed E-state index contributed by atoms with van der Waals surface area (Å²) in [5.41, 5.74) is 9.55. The molecule has 0 saturated carbocycles. The van der Waals surface area contributed by atoms with Gasteiger partial charge in [0.1, 0.15) is 23.9 Å². The average Bonchev–Trinajstić information content (AvgIpc) is 3.91. The van der Waals surface area contributed by atoms with Crippen LogP contribution < -0.4 is 5.43 Å². The Morgan fingerprint density at radius 3 is 2.59 bits per heavy atom. The number of phenolic OH excluding ortho intramolecular Hbond substituents is 1. The molecule has 4 aromatic rings. The SMILES string of the molecule is C=CC(=O)N1CC[C@H](C(=O)N(C)[C@H](C(=O)N(C)[C@H]2Cc3cc(O)cc(c3)-c3ccc4c(n3)c(c(-c3cccnc3COC)n4CC)CC(C)(C)COC(=O)[C@@H]3CCCN(N3)C2=O)C(C)C)C1. The second-order valence-corrected chi connectivity index (χ2v) is 19.0. The van der Waals surface area contributed by atoms with Gasteiger partial charge in [0.15, 0.2) is 0 Å². The van der Waals surface area contributed by atoms with Crippen molar-refractivity contribution in [3.63, 3.8) is 0 Å². The lowest BCUT2D eigenvalue weighted by molar-refractivity contribution is -0.158. The van der Waals surface area contributed by atoms with E-state index in [1.807, 2.05) is 58.0 Å². The first-order chi connectivity index (χ1) is 31.5. The van der Waals surface area contributed by atoms with E-state index in [1.54, 1.807) is 44.4 Å². The normalized spacial score (nSPS) is 20.5. The second kappa shape index (κ2) is 19.8. The van der Waals surface area contributed by atoms with E-state index in [1.165, 1.54) is 20.9 Å². The number of hydrogen-bond acceptors (Lipinski definition) is 11. The largest absolute Gasteiger partial charge is 0.508 e. The average molecular weight is 905 g/mol. The Morgan fingerprint density at radius 2 is 1.88 bits per heavy atom. The number of phenols is 1. The van der Waals surface area contributed by atoms with Gasteiger partial charge >= 0.3 is 5.97 Å². The second-order valence-electron chi connectivity index (χ2n) is 19.0. The summed E-state index contributed by atoms with van der Waals surface area (Å²) in [6.45, 7) is 15.4. The highest BCUT2D eigenvalue weighted by Crippen LogP contribution is 2.40. The van der Waals surface area contributed by atoms with E-state index in [9.17, 15) is 29.1 Å². The van der Waals surface area contributed by atoms with Gasteiger partial charge in [-0.2, -0.15) is 0 Å². The van der Waals surface area contributed by atoms with Crippen LogP contribution >= 0.6 is 0 Å². The molecule has 1 aromatic carbocycles. The number of amides is 4. The van der Waals surface area contributed by atoms with Crippen LogP contribution in [-0.2, 0) is 59.4 Å². The quantitative estimate of drug-likeness (QED) is 0.159. The van der Waals surface area contributed by atoms with E-state index < -0.39 is 47.2 Å². The molecule has 6 heterocycles. The third kappa shape index (κ3) is 9.71. The number of aryl methyl sites for hydroxylation is 1. The number of pyridine rings is 2. The number of methoxy groups -OCH3 is 1. The summed E-state index contributed by atoms with van der Waals surface area (Å²) in [5, 5.41) is 12.7. The molecule has 66 heavy (non-hydrogen) atoms. The number of carbonyl (C=O) groups excluding carboxylic acids is 5. The highest BCUT2D eigenvalue weighted by molar-refractivity contribution is 5.94. The lowest BCUT2D eigenvalue weighted by Gasteiger charge is -2.40. The van der Waals surface area contributed by atoms with Crippen molar-refractivity contribution in [3.8, 4) is 28.3 Å². The minimum Gasteiger partial charge on any atom is -0.508 e. The highest BCUT2D eigenvalue weighted by atomic mass is 16.5. The third-order valence-corrected chi connectivity index (χ3v) is 13.2. The van der Waals surface area contributed by atoms with Gasteiger partial charge < -0.3 is 33.8 Å². The van der Waals surface area contributed by atoms with Crippen LogP contribution in [0.2, 0.25) is 0 Å². The monoisotopic (exact) mass is 904 g/mol. The number of fused-ring (bicyclic) bond motifs is 6. The molecular formula is C50H64N8O8. The van der Waals surface area contributed by atoms with Gasteiger partial charge in [0, 0.05) is 82.1 Å². The number of rotatable bonds is 10. The molecule has 16 nitrogen and oxygen atoms in total. The van der Waals surface area contributed by atoms with Crippen LogP contribution in [0.25, 0.3) is 33.5 Å². The number of likely N-dealkylation sites (N-methyl/N-ethyl adjacent to an activating group) is 2. The summed E-state index contributed by atoms with van der Waals surface area (Å²) in [4.78, 5) is 84.5. The topological polar surface area (TPSA) is 180 Å². The minimum absolute atomic E-state index is 0.0131. The fourth-order valence-corrected chi connectivity index (χ4v) is 9.88. The predicted molar refractivity (Wildman–Crippen MR) is 249 cm³/mol. The number of benzene rings is 1. The van der Waals surface area contributed by atoms with Gasteiger partial charge in [-0.05, 0) is 92.6 Å². The zero-order valence-electron chi connectivity index (χ0n) is 39.5. The van der Waals surface area contributed by atoms with Crippen molar-refractivity contribution in [2.75, 3.05) is 47.4 Å². The van der Waals surface area contributed by atoms with Crippen LogP contribution in [0.5, 0.6) is 5.75 Å². The van der Waals surface area contributed by atoms with Crippen molar-refractivity contribution < 1.29 is 38.6 Å². The molecule has 2 N–H and O–H groups in total. The number of hydrazine groups is 1. The predicted octanol–water partition coefficient (Wildman–Crippen LogP) is 5.15. The lowest BCUT2D eigenvalue weighted by Crippen LogP contribution is -2.62. The maximum atomic E-state index is 14.9. The number of hydrogen-bond donors (Lipinski definition) is 2. The van der Waals surface area contributed by atoms with Crippen molar-refractivity contribution in [2.24, 2.45) is 17.3 Å². The molecule has 3 aliphatic rings. The van der Waals surface area contributed by atoms with E-state index in [2.05, 4.69) is 23.5 Å². The number of carbonyl (C=O) groups is 5. The van der Waals surface area contributed by atoms with Crippen LogP contribution in [0, 0.1) is 17.3 Å². The molecule has 16 heteroatoms. The van der Waals surface area contributed by atoms with E-state index >= 15 is 0 Å². The molecule has 0 radical (unpaired) electrons. The maximum Gasteiger partial charge on any atom is 0.324 e. The molecule has 0 unspecified atom stereocenters. The van der Waals surface area contributed by atoms with Crippen LogP contribution in [-0.4, -0.2) is 135 Å². The first kappa shape index (κ1) is 47.8. The maximum absolute atomic E-state index is 14.9. The standard InChI is InChI=1S/C50H64N8O8/c1-10-42(60)56-21-18-32(27-56)46(61)55(8)44(30(3)4)48(63)54(7)41-24-31-22-33(25-34(59)23-31)37-16-17-40-43(52-37)36(45(57(40)11-2)35-14-12-19-51-39(35)28-65-9)26-50(5,6)29-66-49(64)38-15-13-20-58(53-38)47(41)62/h10,12,14,16-17,19,22-23,25,30,32,38,41,44,53,59H,1,11,13,15,18,20-21,24,26-29H2,2-9H3/t32-,38-,41-,44-/m0/s1. The van der Waals surface area contributed by atoms with E-state index in [0.717, 1.165) is 33.5 Å². The first-order valence-corrected chi connectivity index (χ1v) is 22.9. The van der Waals surface area contributed by atoms with Crippen molar-refractivity contribution >= 4 is 40.6 Å². The third-order valence-electron chi connectivity index (χ3n) is 13.2. The number of nitrogens with zero attached hydrogens (tertiary/aromatic N) is 7. The lowest BCUT2D eigenvalue weighted by atomic mass is 9.85. The summed E-state index contributed by atoms with van der Waals surface area (Å²) >= 11 is 0. The number of esters is 1. The molecule has 352 valence electrons. The van der Waals surface area contributed by atoms with Gasteiger partial charge in [-0.25, -0.2) is 10.4 Å². The van der Waals surface area contributed by atoms with Crippen molar-refractivity contribution in [1.29, 1.82) is 0 Å². The zero-order chi connectivity index (χ0) is 47.6. The molecule has 4 atom stereocenters. The summed E-state index contributed by atoms with van der Waals surface area (Å²) in [6.07, 6.45) is 4.84. The van der Waals surface area contributed by atoms with E-state index in [4.69, 9.17) is 19.4 Å². The Morgan fingerprint density at radius 1 is 1.11 bits per heavy atom. The van der Waals surface area contributed by atoms with Gasteiger partial charge in [-0.1, -0.05) is 34.3 Å². The highest BCUT2D eigenvalue weighted by Gasteiger charge is 2.42. The van der Waals surface area contributed by atoms with Gasteiger partial charge in [0.2, 0.25) is 17.7 Å². The van der Waals surface area contributed by atoms with Gasteiger partial charge in [-0.3, -0.25) is 34.0 Å². The van der Waals surface area contributed by atoms with Crippen molar-refractivity contribution in [3.05, 3.63) is 78.1 Å². The molecule has 2 saturated heterocycles. The fraction of sp³-hybridized carbons (Fsp3) is 0.500. The van der Waals surface area contributed by atoms with Crippen LogP contribution in [0.3, 0.4) is 0 Å². The Balaban J connectivity index is 1.32. The smallest absolute Gasteiger partial charge is 0.324 e. The van der Waals surface area contributed by atoms with E-state index in [-0.39, 0.29) is 49.6 Å². The summed E-state index contributed by atoms with van der Waals surface area (Å²) in [5.74, 6) is -2.82. The van der Waals surface area contributed by atoms with Gasteiger partial charge in [0.25, 0.3) is 5.91 Å². The zero-order valence-corrected chi connectivity index (χ0v) is 39.5.